The van der Waals surface area contributed by atoms with E-state index in [2.05, 4.69) is 5.32 Å². The van der Waals surface area contributed by atoms with E-state index in [9.17, 15) is 13.2 Å². The Labute approximate surface area is 178 Å². The summed E-state index contributed by atoms with van der Waals surface area (Å²) in [4.78, 5) is 13.1. The van der Waals surface area contributed by atoms with Crippen molar-refractivity contribution in [1.82, 2.24) is 4.31 Å². The molecule has 0 aliphatic heterocycles. The minimum atomic E-state index is -3.58. The number of benzene rings is 3. The van der Waals surface area contributed by atoms with Crippen LogP contribution in [-0.4, -0.2) is 32.7 Å². The second kappa shape index (κ2) is 9.24. The third kappa shape index (κ3) is 4.96. The highest BCUT2D eigenvalue weighted by Crippen LogP contribution is 2.29. The standard InChI is InChI=1S/C24H26N2O3S/c1-18-14-15-21(30(28,29)26(2)3)16-23(18)25-24(27)17-22(19-10-6-4-7-11-19)20-12-8-5-9-13-20/h4-16,22H,17H2,1-3H3,(H,25,27). The van der Waals surface area contributed by atoms with Gasteiger partial charge in [0.1, 0.15) is 0 Å². The van der Waals surface area contributed by atoms with Gasteiger partial charge in [0.15, 0.2) is 0 Å². The zero-order valence-corrected chi connectivity index (χ0v) is 18.2. The second-order valence-electron chi connectivity index (χ2n) is 7.39. The van der Waals surface area contributed by atoms with E-state index in [1.165, 1.54) is 20.2 Å². The van der Waals surface area contributed by atoms with Gasteiger partial charge in [0, 0.05) is 32.1 Å². The van der Waals surface area contributed by atoms with Crippen LogP contribution >= 0.6 is 0 Å². The van der Waals surface area contributed by atoms with Gasteiger partial charge in [-0.25, -0.2) is 12.7 Å². The molecule has 5 nitrogen and oxygen atoms in total. The lowest BCUT2D eigenvalue weighted by atomic mass is 9.88. The van der Waals surface area contributed by atoms with Gasteiger partial charge in [-0.2, -0.15) is 0 Å². The molecule has 0 unspecified atom stereocenters. The molecule has 30 heavy (non-hydrogen) atoms. The van der Waals surface area contributed by atoms with Crippen LogP contribution in [0.2, 0.25) is 0 Å². The van der Waals surface area contributed by atoms with Crippen molar-refractivity contribution >= 4 is 21.6 Å². The smallest absolute Gasteiger partial charge is 0.242 e. The highest BCUT2D eigenvalue weighted by Gasteiger charge is 2.21. The molecule has 0 saturated carbocycles. The SMILES string of the molecule is Cc1ccc(S(=O)(=O)N(C)C)cc1NC(=O)CC(c1ccccc1)c1ccccc1. The number of carbonyl (C=O) groups excluding carboxylic acids is 1. The van der Waals surface area contributed by atoms with Crippen molar-refractivity contribution in [1.29, 1.82) is 0 Å². The van der Waals surface area contributed by atoms with Crippen LogP contribution in [0.5, 0.6) is 0 Å². The molecule has 0 spiro atoms. The fourth-order valence-electron chi connectivity index (χ4n) is 3.29. The van der Waals surface area contributed by atoms with E-state index in [4.69, 9.17) is 0 Å². The summed E-state index contributed by atoms with van der Waals surface area (Å²) in [6.45, 7) is 1.84. The van der Waals surface area contributed by atoms with Gasteiger partial charge >= 0.3 is 0 Å². The van der Waals surface area contributed by atoms with Gasteiger partial charge in [-0.3, -0.25) is 4.79 Å². The number of amides is 1. The van der Waals surface area contributed by atoms with Crippen molar-refractivity contribution < 1.29 is 13.2 Å². The molecule has 0 radical (unpaired) electrons. The summed E-state index contributed by atoms with van der Waals surface area (Å²) in [5.74, 6) is -0.267. The molecular weight excluding hydrogens is 396 g/mol. The minimum Gasteiger partial charge on any atom is -0.326 e. The largest absolute Gasteiger partial charge is 0.326 e. The number of hydrogen-bond acceptors (Lipinski definition) is 3. The van der Waals surface area contributed by atoms with Gasteiger partial charge in [-0.15, -0.1) is 0 Å². The Bertz CT molecular complexity index is 1070. The maximum absolute atomic E-state index is 12.9. The molecule has 0 fully saturated rings. The Morgan fingerprint density at radius 3 is 1.93 bits per heavy atom. The first-order valence-electron chi connectivity index (χ1n) is 9.72. The summed E-state index contributed by atoms with van der Waals surface area (Å²) in [6, 6.07) is 24.6. The summed E-state index contributed by atoms with van der Waals surface area (Å²) in [5.41, 5.74) is 3.42. The fourth-order valence-corrected chi connectivity index (χ4v) is 4.22. The number of anilines is 1. The Kier molecular flexibility index (Phi) is 6.70. The van der Waals surface area contributed by atoms with E-state index < -0.39 is 10.0 Å². The first-order chi connectivity index (χ1) is 14.3. The molecule has 3 rings (SSSR count). The number of hydrogen-bond donors (Lipinski definition) is 1. The normalized spacial score (nSPS) is 11.6. The van der Waals surface area contributed by atoms with Crippen LogP contribution < -0.4 is 5.32 Å². The molecule has 3 aromatic rings. The topological polar surface area (TPSA) is 66.5 Å². The van der Waals surface area contributed by atoms with Crippen molar-refractivity contribution in [2.45, 2.75) is 24.2 Å². The van der Waals surface area contributed by atoms with Crippen LogP contribution in [0.4, 0.5) is 5.69 Å². The van der Waals surface area contributed by atoms with Crippen molar-refractivity contribution in [3.8, 4) is 0 Å². The number of nitrogens with one attached hydrogen (secondary N) is 1. The van der Waals surface area contributed by atoms with Gasteiger partial charge < -0.3 is 5.32 Å². The highest BCUT2D eigenvalue weighted by atomic mass is 32.2. The Morgan fingerprint density at radius 2 is 1.43 bits per heavy atom. The fraction of sp³-hybridized carbons (Fsp3) is 0.208. The summed E-state index contributed by atoms with van der Waals surface area (Å²) in [5, 5.41) is 2.91. The average Bonchev–Trinajstić information content (AvgIpc) is 2.74. The van der Waals surface area contributed by atoms with Crippen LogP contribution in [0.3, 0.4) is 0 Å². The monoisotopic (exact) mass is 422 g/mol. The molecule has 6 heteroatoms. The summed E-state index contributed by atoms with van der Waals surface area (Å²) >= 11 is 0. The third-order valence-corrected chi connectivity index (χ3v) is 6.87. The molecule has 156 valence electrons. The number of sulfonamides is 1. The van der Waals surface area contributed by atoms with Crippen molar-refractivity contribution in [2.24, 2.45) is 0 Å². The van der Waals surface area contributed by atoms with E-state index in [-0.39, 0.29) is 23.1 Å². The molecule has 0 heterocycles. The quantitative estimate of drug-likeness (QED) is 0.613. The predicted molar refractivity (Wildman–Crippen MR) is 120 cm³/mol. The van der Waals surface area contributed by atoms with Gasteiger partial charge in [-0.1, -0.05) is 66.7 Å². The van der Waals surface area contributed by atoms with Crippen molar-refractivity contribution in [2.75, 3.05) is 19.4 Å². The maximum atomic E-state index is 12.9. The Morgan fingerprint density at radius 1 is 0.900 bits per heavy atom. The first-order valence-corrected chi connectivity index (χ1v) is 11.2. The average molecular weight is 423 g/mol. The third-order valence-electron chi connectivity index (χ3n) is 5.06. The van der Waals surface area contributed by atoms with Crippen LogP contribution in [0.25, 0.3) is 0 Å². The Hall–Kier alpha value is -2.96. The number of aryl methyl sites for hydroxylation is 1. The van der Waals surface area contributed by atoms with Gasteiger partial charge in [0.2, 0.25) is 15.9 Å². The summed E-state index contributed by atoms with van der Waals surface area (Å²) in [7, 11) is -0.611. The summed E-state index contributed by atoms with van der Waals surface area (Å²) in [6.07, 6.45) is 0.248. The molecular formula is C24H26N2O3S. The summed E-state index contributed by atoms with van der Waals surface area (Å²) < 4.78 is 26.0. The predicted octanol–water partition coefficient (Wildman–Crippen LogP) is 4.41. The van der Waals surface area contributed by atoms with Crippen LogP contribution in [0.1, 0.15) is 29.0 Å². The molecule has 0 saturated heterocycles. The highest BCUT2D eigenvalue weighted by molar-refractivity contribution is 7.89. The molecule has 1 amide bonds. The van der Waals surface area contributed by atoms with Crippen LogP contribution in [-0.2, 0) is 14.8 Å². The second-order valence-corrected chi connectivity index (χ2v) is 9.54. The van der Waals surface area contributed by atoms with Crippen molar-refractivity contribution in [3.63, 3.8) is 0 Å². The lowest BCUT2D eigenvalue weighted by Crippen LogP contribution is -2.23. The number of carbonyl (C=O) groups is 1. The van der Waals surface area contributed by atoms with E-state index in [0.717, 1.165) is 21.0 Å². The van der Waals surface area contributed by atoms with Crippen LogP contribution in [0.15, 0.2) is 83.8 Å². The first kappa shape index (κ1) is 21.7. The molecule has 0 aromatic heterocycles. The zero-order valence-electron chi connectivity index (χ0n) is 17.4. The maximum Gasteiger partial charge on any atom is 0.242 e. The van der Waals surface area contributed by atoms with Crippen LogP contribution in [0, 0.1) is 6.92 Å². The Balaban J connectivity index is 1.86. The van der Waals surface area contributed by atoms with E-state index in [1.54, 1.807) is 12.1 Å². The molecule has 0 atom stereocenters. The lowest BCUT2D eigenvalue weighted by Gasteiger charge is -2.19. The van der Waals surface area contributed by atoms with E-state index >= 15 is 0 Å². The molecule has 3 aromatic carbocycles. The minimum absolute atomic E-state index is 0.0959. The van der Waals surface area contributed by atoms with Crippen molar-refractivity contribution in [3.05, 3.63) is 95.6 Å². The molecule has 0 aliphatic carbocycles. The lowest BCUT2D eigenvalue weighted by molar-refractivity contribution is -0.116. The van der Waals surface area contributed by atoms with Gasteiger partial charge in [-0.05, 0) is 35.7 Å². The van der Waals surface area contributed by atoms with E-state index in [0.29, 0.717) is 5.69 Å². The molecule has 0 bridgehead atoms. The number of rotatable bonds is 7. The van der Waals surface area contributed by atoms with Gasteiger partial charge in [0.05, 0.1) is 4.90 Å². The number of nitrogens with zero attached hydrogens (tertiary/aromatic N) is 1. The molecule has 1 N–H and O–H groups in total. The van der Waals surface area contributed by atoms with Gasteiger partial charge in [0.25, 0.3) is 0 Å². The zero-order chi connectivity index (χ0) is 21.7. The van der Waals surface area contributed by atoms with E-state index in [1.807, 2.05) is 67.6 Å². The molecule has 0 aliphatic rings.